The van der Waals surface area contributed by atoms with Crippen molar-refractivity contribution in [2.75, 3.05) is 13.1 Å². The SMILES string of the molecule is O=C(C1CC1)N1CC[C@@H](Oc2ncc(Br)cn2)C1. The third kappa shape index (κ3) is 2.63. The lowest BCUT2D eigenvalue weighted by Gasteiger charge is -2.16. The normalized spacial score (nSPS) is 23.2. The van der Waals surface area contributed by atoms with Gasteiger partial charge in [-0.05, 0) is 28.8 Å². The summed E-state index contributed by atoms with van der Waals surface area (Å²) in [5.74, 6) is 0.575. The van der Waals surface area contributed by atoms with Crippen LogP contribution < -0.4 is 4.74 Å². The van der Waals surface area contributed by atoms with Gasteiger partial charge in [0.25, 0.3) is 0 Å². The number of carbonyl (C=O) groups excluding carboxylic acids is 1. The molecule has 6 heteroatoms. The molecule has 1 saturated carbocycles. The van der Waals surface area contributed by atoms with Crippen molar-refractivity contribution in [3.63, 3.8) is 0 Å². The van der Waals surface area contributed by atoms with Gasteiger partial charge < -0.3 is 9.64 Å². The van der Waals surface area contributed by atoms with Gasteiger partial charge in [0, 0.05) is 31.3 Å². The van der Waals surface area contributed by atoms with E-state index in [9.17, 15) is 4.79 Å². The maximum Gasteiger partial charge on any atom is 0.316 e. The van der Waals surface area contributed by atoms with E-state index >= 15 is 0 Å². The van der Waals surface area contributed by atoms with Crippen molar-refractivity contribution in [3.05, 3.63) is 16.9 Å². The van der Waals surface area contributed by atoms with Gasteiger partial charge in [0.1, 0.15) is 6.10 Å². The van der Waals surface area contributed by atoms with Crippen LogP contribution in [0.15, 0.2) is 16.9 Å². The van der Waals surface area contributed by atoms with Gasteiger partial charge in [-0.25, -0.2) is 9.97 Å². The second kappa shape index (κ2) is 4.84. The third-order valence-electron chi connectivity index (χ3n) is 3.25. The minimum Gasteiger partial charge on any atom is -0.458 e. The largest absolute Gasteiger partial charge is 0.458 e. The van der Waals surface area contributed by atoms with Gasteiger partial charge in [0.2, 0.25) is 5.91 Å². The van der Waals surface area contributed by atoms with Crippen LogP contribution in [-0.2, 0) is 4.79 Å². The Labute approximate surface area is 114 Å². The smallest absolute Gasteiger partial charge is 0.316 e. The highest BCUT2D eigenvalue weighted by atomic mass is 79.9. The highest BCUT2D eigenvalue weighted by molar-refractivity contribution is 9.10. The fourth-order valence-corrected chi connectivity index (χ4v) is 2.33. The number of amides is 1. The summed E-state index contributed by atoms with van der Waals surface area (Å²) in [4.78, 5) is 21.9. The van der Waals surface area contributed by atoms with Gasteiger partial charge in [-0.15, -0.1) is 0 Å². The van der Waals surface area contributed by atoms with Crippen LogP contribution in [0, 0.1) is 5.92 Å². The van der Waals surface area contributed by atoms with Crippen LogP contribution in [0.2, 0.25) is 0 Å². The summed E-state index contributed by atoms with van der Waals surface area (Å²) in [6.45, 7) is 1.45. The maximum absolute atomic E-state index is 11.9. The van der Waals surface area contributed by atoms with E-state index in [0.29, 0.717) is 12.6 Å². The Balaban J connectivity index is 1.55. The molecule has 1 saturated heterocycles. The number of nitrogens with zero attached hydrogens (tertiary/aromatic N) is 3. The lowest BCUT2D eigenvalue weighted by atomic mass is 10.3. The van der Waals surface area contributed by atoms with Crippen LogP contribution in [0.5, 0.6) is 6.01 Å². The first-order valence-electron chi connectivity index (χ1n) is 6.15. The molecule has 1 aromatic heterocycles. The Bertz CT molecular complexity index is 447. The Morgan fingerprint density at radius 1 is 1.33 bits per heavy atom. The van der Waals surface area contributed by atoms with Gasteiger partial charge >= 0.3 is 6.01 Å². The number of likely N-dealkylation sites (tertiary alicyclic amines) is 1. The molecule has 0 unspecified atom stereocenters. The molecule has 2 aliphatic rings. The highest BCUT2D eigenvalue weighted by Crippen LogP contribution is 2.32. The summed E-state index contributed by atoms with van der Waals surface area (Å²) in [7, 11) is 0. The number of aromatic nitrogens is 2. The monoisotopic (exact) mass is 311 g/mol. The molecule has 0 radical (unpaired) electrons. The quantitative estimate of drug-likeness (QED) is 0.851. The molecule has 3 rings (SSSR count). The van der Waals surface area contributed by atoms with Crippen LogP contribution in [0.1, 0.15) is 19.3 Å². The molecule has 2 fully saturated rings. The summed E-state index contributed by atoms with van der Waals surface area (Å²) >= 11 is 3.28. The Kier molecular flexibility index (Phi) is 3.20. The van der Waals surface area contributed by atoms with Crippen LogP contribution in [0.3, 0.4) is 0 Å². The van der Waals surface area contributed by atoms with Crippen molar-refractivity contribution in [2.24, 2.45) is 5.92 Å². The fraction of sp³-hybridized carbons (Fsp3) is 0.583. The van der Waals surface area contributed by atoms with Gasteiger partial charge in [-0.2, -0.15) is 0 Å². The Hall–Kier alpha value is -1.17. The average molecular weight is 312 g/mol. The first-order valence-corrected chi connectivity index (χ1v) is 6.94. The lowest BCUT2D eigenvalue weighted by Crippen LogP contribution is -2.32. The number of carbonyl (C=O) groups is 1. The molecule has 2 heterocycles. The van der Waals surface area contributed by atoms with Crippen molar-refractivity contribution in [2.45, 2.75) is 25.4 Å². The van der Waals surface area contributed by atoms with Gasteiger partial charge in [-0.3, -0.25) is 4.79 Å². The van der Waals surface area contributed by atoms with E-state index in [2.05, 4.69) is 25.9 Å². The minimum absolute atomic E-state index is 0.0221. The summed E-state index contributed by atoms with van der Waals surface area (Å²) < 4.78 is 6.50. The fourth-order valence-electron chi connectivity index (χ4n) is 2.12. The summed E-state index contributed by atoms with van der Waals surface area (Å²) in [5, 5.41) is 0. The maximum atomic E-state index is 11.9. The molecular weight excluding hydrogens is 298 g/mol. The molecule has 1 amide bonds. The topological polar surface area (TPSA) is 55.3 Å². The third-order valence-corrected chi connectivity index (χ3v) is 3.66. The predicted molar refractivity (Wildman–Crippen MR) is 68.1 cm³/mol. The van der Waals surface area contributed by atoms with Crippen molar-refractivity contribution < 1.29 is 9.53 Å². The van der Waals surface area contributed by atoms with E-state index in [1.54, 1.807) is 12.4 Å². The predicted octanol–water partition coefficient (Wildman–Crippen LogP) is 1.63. The number of hydrogen-bond donors (Lipinski definition) is 0. The van der Waals surface area contributed by atoms with Gasteiger partial charge in [-0.1, -0.05) is 0 Å². The molecule has 0 bridgehead atoms. The van der Waals surface area contributed by atoms with Crippen molar-refractivity contribution in [1.29, 1.82) is 0 Å². The zero-order valence-electron chi connectivity index (χ0n) is 9.88. The van der Waals surface area contributed by atoms with E-state index in [4.69, 9.17) is 4.74 Å². The van der Waals surface area contributed by atoms with Crippen molar-refractivity contribution in [1.82, 2.24) is 14.9 Å². The van der Waals surface area contributed by atoms with Crippen LogP contribution >= 0.6 is 15.9 Å². The molecule has 0 spiro atoms. The molecular formula is C12H14BrN3O2. The number of rotatable bonds is 3. The van der Waals surface area contributed by atoms with Crippen LogP contribution in [-0.4, -0.2) is 40.0 Å². The van der Waals surface area contributed by atoms with Crippen molar-refractivity contribution >= 4 is 21.8 Å². The lowest BCUT2D eigenvalue weighted by molar-refractivity contribution is -0.131. The second-order valence-corrected chi connectivity index (χ2v) is 5.69. The molecule has 0 aromatic carbocycles. The molecule has 5 nitrogen and oxygen atoms in total. The van der Waals surface area contributed by atoms with Crippen LogP contribution in [0.25, 0.3) is 0 Å². The number of hydrogen-bond acceptors (Lipinski definition) is 4. The average Bonchev–Trinajstić information content (AvgIpc) is 3.12. The summed E-state index contributed by atoms with van der Waals surface area (Å²) in [6.07, 6.45) is 6.30. The first kappa shape index (κ1) is 11.9. The summed E-state index contributed by atoms with van der Waals surface area (Å²) in [6, 6.07) is 0.379. The highest BCUT2D eigenvalue weighted by Gasteiger charge is 2.37. The zero-order valence-corrected chi connectivity index (χ0v) is 11.5. The Morgan fingerprint density at radius 3 is 2.72 bits per heavy atom. The minimum atomic E-state index is 0.0221. The standard InChI is InChI=1S/C12H14BrN3O2/c13-9-5-14-12(15-6-9)18-10-3-4-16(7-10)11(17)8-1-2-8/h5-6,8,10H,1-4,7H2/t10-/m1/s1. The molecule has 1 aliphatic heterocycles. The second-order valence-electron chi connectivity index (χ2n) is 4.77. The van der Waals surface area contributed by atoms with Crippen LogP contribution in [0.4, 0.5) is 0 Å². The molecule has 18 heavy (non-hydrogen) atoms. The van der Waals surface area contributed by atoms with Gasteiger partial charge in [0.15, 0.2) is 0 Å². The zero-order chi connectivity index (χ0) is 12.5. The molecule has 96 valence electrons. The van der Waals surface area contributed by atoms with Crippen molar-refractivity contribution in [3.8, 4) is 6.01 Å². The first-order chi connectivity index (χ1) is 8.72. The number of ether oxygens (including phenoxy) is 1. The summed E-state index contributed by atoms with van der Waals surface area (Å²) in [5.41, 5.74) is 0. The molecule has 1 aliphatic carbocycles. The Morgan fingerprint density at radius 2 is 2.06 bits per heavy atom. The number of halogens is 1. The van der Waals surface area contributed by atoms with E-state index in [1.807, 2.05) is 4.90 Å². The van der Waals surface area contributed by atoms with E-state index in [1.165, 1.54) is 0 Å². The molecule has 1 aromatic rings. The van der Waals surface area contributed by atoms with E-state index < -0.39 is 0 Å². The van der Waals surface area contributed by atoms with Gasteiger partial charge in [0.05, 0.1) is 11.0 Å². The molecule has 1 atom stereocenters. The molecule has 0 N–H and O–H groups in total. The van der Waals surface area contributed by atoms with E-state index in [0.717, 1.165) is 30.3 Å². The van der Waals surface area contributed by atoms with E-state index in [-0.39, 0.29) is 17.9 Å².